The van der Waals surface area contributed by atoms with E-state index in [1.807, 2.05) is 10.8 Å². The molecule has 4 nitrogen and oxygen atoms in total. The van der Waals surface area contributed by atoms with Gasteiger partial charge in [0.25, 0.3) is 0 Å². The van der Waals surface area contributed by atoms with E-state index in [9.17, 15) is 5.11 Å². The van der Waals surface area contributed by atoms with Gasteiger partial charge in [-0.1, -0.05) is 19.1 Å². The van der Waals surface area contributed by atoms with Crippen LogP contribution < -0.4 is 0 Å². The van der Waals surface area contributed by atoms with Crippen LogP contribution in [-0.2, 0) is 6.54 Å². The van der Waals surface area contributed by atoms with Crippen LogP contribution >= 0.6 is 0 Å². The smallest absolute Gasteiger partial charge is 0.142 e. The van der Waals surface area contributed by atoms with Crippen molar-refractivity contribution in [2.24, 2.45) is 0 Å². The first kappa shape index (κ1) is 12.3. The molecule has 18 heavy (non-hydrogen) atoms. The largest absolute Gasteiger partial charge is 0.380 e. The predicted molar refractivity (Wildman–Crippen MR) is 67.7 cm³/mol. The van der Waals surface area contributed by atoms with Gasteiger partial charge in [-0.2, -0.15) is 5.26 Å². The molecule has 0 radical (unpaired) electrons. The van der Waals surface area contributed by atoms with Crippen molar-refractivity contribution in [3.63, 3.8) is 0 Å². The van der Waals surface area contributed by atoms with Gasteiger partial charge in [-0.15, -0.1) is 0 Å². The number of hydrogen-bond acceptors (Lipinski definition) is 3. The third-order valence-corrected chi connectivity index (χ3v) is 2.81. The number of aliphatic hydroxyl groups is 1. The molecule has 0 aliphatic heterocycles. The SMILES string of the molecule is CCCn1ccnc1C(O)c1ccc(C#N)cc1. The van der Waals surface area contributed by atoms with Crippen molar-refractivity contribution in [3.05, 3.63) is 53.6 Å². The Morgan fingerprint density at radius 1 is 1.39 bits per heavy atom. The minimum atomic E-state index is -0.751. The molecule has 0 amide bonds. The summed E-state index contributed by atoms with van der Waals surface area (Å²) in [5.41, 5.74) is 1.33. The molecule has 0 saturated heterocycles. The Kier molecular flexibility index (Phi) is 3.75. The molecule has 1 atom stereocenters. The van der Waals surface area contributed by atoms with Crippen molar-refractivity contribution in [2.45, 2.75) is 26.0 Å². The monoisotopic (exact) mass is 241 g/mol. The maximum atomic E-state index is 10.3. The standard InChI is InChI=1S/C14H15N3O/c1-2-8-17-9-7-16-14(17)13(18)12-5-3-11(10-15)4-6-12/h3-7,9,13,18H,2,8H2,1H3. The lowest BCUT2D eigenvalue weighted by molar-refractivity contribution is 0.204. The summed E-state index contributed by atoms with van der Waals surface area (Å²) < 4.78 is 1.95. The van der Waals surface area contributed by atoms with Crippen molar-refractivity contribution in [1.82, 2.24) is 9.55 Å². The van der Waals surface area contributed by atoms with E-state index in [1.54, 1.807) is 30.5 Å². The fraction of sp³-hybridized carbons (Fsp3) is 0.286. The minimum absolute atomic E-state index is 0.586. The molecule has 0 saturated carbocycles. The van der Waals surface area contributed by atoms with Crippen LogP contribution in [0.25, 0.3) is 0 Å². The van der Waals surface area contributed by atoms with Crippen LogP contribution in [0.3, 0.4) is 0 Å². The molecule has 2 aromatic rings. The minimum Gasteiger partial charge on any atom is -0.380 e. The number of nitriles is 1. The highest BCUT2D eigenvalue weighted by molar-refractivity contribution is 5.34. The van der Waals surface area contributed by atoms with Crippen molar-refractivity contribution in [2.75, 3.05) is 0 Å². The molecule has 0 spiro atoms. The van der Waals surface area contributed by atoms with Gasteiger partial charge < -0.3 is 9.67 Å². The van der Waals surface area contributed by atoms with Gasteiger partial charge in [-0.05, 0) is 24.1 Å². The fourth-order valence-electron chi connectivity index (χ4n) is 1.89. The fourth-order valence-corrected chi connectivity index (χ4v) is 1.89. The lowest BCUT2D eigenvalue weighted by Crippen LogP contribution is -2.09. The van der Waals surface area contributed by atoms with Crippen molar-refractivity contribution in [1.29, 1.82) is 5.26 Å². The normalized spacial score (nSPS) is 12.1. The van der Waals surface area contributed by atoms with E-state index in [0.717, 1.165) is 18.5 Å². The summed E-state index contributed by atoms with van der Waals surface area (Å²) >= 11 is 0. The van der Waals surface area contributed by atoms with Crippen LogP contribution in [0.15, 0.2) is 36.7 Å². The first-order valence-corrected chi connectivity index (χ1v) is 5.95. The highest BCUT2D eigenvalue weighted by Crippen LogP contribution is 2.21. The molecule has 1 unspecified atom stereocenters. The molecule has 1 aromatic heterocycles. The summed E-state index contributed by atoms with van der Waals surface area (Å²) in [6.07, 6.45) is 3.80. The van der Waals surface area contributed by atoms with E-state index >= 15 is 0 Å². The lowest BCUT2D eigenvalue weighted by Gasteiger charge is -2.13. The van der Waals surface area contributed by atoms with Gasteiger partial charge in [-0.25, -0.2) is 4.98 Å². The van der Waals surface area contributed by atoms with Crippen LogP contribution in [0.2, 0.25) is 0 Å². The molecule has 2 rings (SSSR count). The zero-order chi connectivity index (χ0) is 13.0. The second-order valence-corrected chi connectivity index (χ2v) is 4.12. The summed E-state index contributed by atoms with van der Waals surface area (Å²) in [4.78, 5) is 4.20. The first-order chi connectivity index (χ1) is 8.76. The lowest BCUT2D eigenvalue weighted by atomic mass is 10.1. The summed E-state index contributed by atoms with van der Waals surface area (Å²) in [5, 5.41) is 19.0. The number of nitrogens with zero attached hydrogens (tertiary/aromatic N) is 3. The van der Waals surface area contributed by atoms with E-state index in [0.29, 0.717) is 11.4 Å². The van der Waals surface area contributed by atoms with Crippen LogP contribution in [0.1, 0.15) is 36.4 Å². The van der Waals surface area contributed by atoms with E-state index in [2.05, 4.69) is 18.0 Å². The number of imidazole rings is 1. The predicted octanol–water partition coefficient (Wildman–Crippen LogP) is 2.25. The molecule has 4 heteroatoms. The third-order valence-electron chi connectivity index (χ3n) is 2.81. The van der Waals surface area contributed by atoms with E-state index in [-0.39, 0.29) is 0 Å². The number of benzene rings is 1. The second kappa shape index (κ2) is 5.48. The number of aliphatic hydroxyl groups excluding tert-OH is 1. The van der Waals surface area contributed by atoms with Crippen molar-refractivity contribution < 1.29 is 5.11 Å². The molecule has 1 N–H and O–H groups in total. The Labute approximate surface area is 106 Å². The Hall–Kier alpha value is -2.12. The Balaban J connectivity index is 2.26. The molecule has 0 fully saturated rings. The second-order valence-electron chi connectivity index (χ2n) is 4.12. The molecule has 0 aliphatic rings. The zero-order valence-electron chi connectivity index (χ0n) is 10.2. The Morgan fingerprint density at radius 2 is 2.11 bits per heavy atom. The average Bonchev–Trinajstić information content (AvgIpc) is 2.87. The van der Waals surface area contributed by atoms with Gasteiger partial charge in [0.1, 0.15) is 11.9 Å². The third kappa shape index (κ3) is 2.41. The molecule has 92 valence electrons. The molecule has 1 heterocycles. The quantitative estimate of drug-likeness (QED) is 0.893. The van der Waals surface area contributed by atoms with Gasteiger partial charge in [-0.3, -0.25) is 0 Å². The number of hydrogen-bond donors (Lipinski definition) is 1. The molecule has 1 aromatic carbocycles. The summed E-state index contributed by atoms with van der Waals surface area (Å²) in [6.45, 7) is 2.92. The maximum absolute atomic E-state index is 10.3. The average molecular weight is 241 g/mol. The van der Waals surface area contributed by atoms with Gasteiger partial charge in [0.05, 0.1) is 11.6 Å². The van der Waals surface area contributed by atoms with Gasteiger partial charge in [0, 0.05) is 18.9 Å². The van der Waals surface area contributed by atoms with Crippen molar-refractivity contribution >= 4 is 0 Å². The highest BCUT2D eigenvalue weighted by atomic mass is 16.3. The number of aromatic nitrogens is 2. The molecular formula is C14H15N3O. The highest BCUT2D eigenvalue weighted by Gasteiger charge is 2.15. The van der Waals surface area contributed by atoms with Gasteiger partial charge in [0.2, 0.25) is 0 Å². The molecule has 0 aliphatic carbocycles. The van der Waals surface area contributed by atoms with E-state index in [4.69, 9.17) is 5.26 Å². The van der Waals surface area contributed by atoms with Crippen LogP contribution in [0.4, 0.5) is 0 Å². The van der Waals surface area contributed by atoms with Crippen LogP contribution in [0, 0.1) is 11.3 Å². The Bertz CT molecular complexity index is 551. The van der Waals surface area contributed by atoms with Crippen LogP contribution in [-0.4, -0.2) is 14.7 Å². The van der Waals surface area contributed by atoms with E-state index < -0.39 is 6.10 Å². The van der Waals surface area contributed by atoms with Gasteiger partial charge >= 0.3 is 0 Å². The molecule has 0 bridgehead atoms. The van der Waals surface area contributed by atoms with Crippen molar-refractivity contribution in [3.8, 4) is 6.07 Å². The Morgan fingerprint density at radius 3 is 2.72 bits per heavy atom. The van der Waals surface area contributed by atoms with E-state index in [1.165, 1.54) is 0 Å². The molecular weight excluding hydrogens is 226 g/mol. The summed E-state index contributed by atoms with van der Waals surface area (Å²) in [5.74, 6) is 0.640. The number of aryl methyl sites for hydroxylation is 1. The van der Waals surface area contributed by atoms with Crippen LogP contribution in [0.5, 0.6) is 0 Å². The summed E-state index contributed by atoms with van der Waals surface area (Å²) in [6, 6.07) is 8.97. The summed E-state index contributed by atoms with van der Waals surface area (Å²) in [7, 11) is 0. The maximum Gasteiger partial charge on any atom is 0.142 e. The zero-order valence-corrected chi connectivity index (χ0v) is 10.2. The topological polar surface area (TPSA) is 61.8 Å². The first-order valence-electron chi connectivity index (χ1n) is 5.95. The van der Waals surface area contributed by atoms with Gasteiger partial charge in [0.15, 0.2) is 0 Å². The number of rotatable bonds is 4.